The average Bonchev–Trinajstić information content (AvgIpc) is 3.26. The van der Waals surface area contributed by atoms with Crippen molar-refractivity contribution in [2.75, 3.05) is 0 Å². The number of hydrogen-bond donors (Lipinski definition) is 0. The van der Waals surface area contributed by atoms with Gasteiger partial charge in [0, 0.05) is 16.7 Å². The van der Waals surface area contributed by atoms with Gasteiger partial charge in [0.15, 0.2) is 17.5 Å². The first-order chi connectivity index (χ1) is 26.7. The van der Waals surface area contributed by atoms with Crippen LogP contribution in [0.3, 0.4) is 0 Å². The van der Waals surface area contributed by atoms with Gasteiger partial charge < -0.3 is 0 Å². The zero-order valence-electron chi connectivity index (χ0n) is 29.4. The summed E-state index contributed by atoms with van der Waals surface area (Å²) in [5.74, 6) is 1.92. The van der Waals surface area contributed by atoms with Crippen LogP contribution >= 0.6 is 0 Å². The molecule has 0 unspecified atom stereocenters. The second-order valence-corrected chi connectivity index (χ2v) is 13.7. The van der Waals surface area contributed by atoms with Crippen molar-refractivity contribution in [2.24, 2.45) is 0 Å². The highest BCUT2D eigenvalue weighted by atomic mass is 15.0. The lowest BCUT2D eigenvalue weighted by Gasteiger charge is -2.12. The van der Waals surface area contributed by atoms with E-state index in [4.69, 9.17) is 15.0 Å². The molecule has 0 aliphatic heterocycles. The predicted molar refractivity (Wildman–Crippen MR) is 225 cm³/mol. The first kappa shape index (κ1) is 31.5. The molecule has 1 heterocycles. The van der Waals surface area contributed by atoms with Gasteiger partial charge >= 0.3 is 0 Å². The zero-order chi connectivity index (χ0) is 35.8. The van der Waals surface area contributed by atoms with Crippen molar-refractivity contribution in [3.8, 4) is 67.5 Å². The molecule has 10 rings (SSSR count). The maximum Gasteiger partial charge on any atom is 0.164 e. The molecule has 0 saturated carbocycles. The molecule has 0 N–H and O–H groups in total. The molecule has 1 aromatic heterocycles. The fraction of sp³-hybridized carbons (Fsp3) is 0. The molecule has 0 saturated heterocycles. The highest BCUT2D eigenvalue weighted by molar-refractivity contribution is 6.00. The number of nitrogens with zero attached hydrogens (tertiary/aromatic N) is 3. The molecule has 0 fully saturated rings. The highest BCUT2D eigenvalue weighted by Gasteiger charge is 2.16. The Morgan fingerprint density at radius 1 is 0.222 bits per heavy atom. The maximum atomic E-state index is 5.19. The van der Waals surface area contributed by atoms with Gasteiger partial charge in [0.25, 0.3) is 0 Å². The lowest BCUT2D eigenvalue weighted by molar-refractivity contribution is 1.08. The number of benzene rings is 9. The van der Waals surface area contributed by atoms with E-state index >= 15 is 0 Å². The molecule has 0 bridgehead atoms. The third kappa shape index (κ3) is 5.88. The number of rotatable bonds is 6. The third-order valence-electron chi connectivity index (χ3n) is 10.3. The van der Waals surface area contributed by atoms with E-state index in [2.05, 4.69) is 188 Å². The molecule has 0 radical (unpaired) electrons. The molecular weight excluding hydrogens is 655 g/mol. The van der Waals surface area contributed by atoms with Crippen molar-refractivity contribution in [2.45, 2.75) is 0 Å². The minimum atomic E-state index is 0.636. The van der Waals surface area contributed by atoms with Crippen molar-refractivity contribution in [1.82, 2.24) is 15.0 Å². The van der Waals surface area contributed by atoms with Crippen LogP contribution in [-0.4, -0.2) is 15.0 Å². The molecule has 0 spiro atoms. The van der Waals surface area contributed by atoms with Gasteiger partial charge in [-0.2, -0.15) is 0 Å². The van der Waals surface area contributed by atoms with Crippen molar-refractivity contribution < 1.29 is 0 Å². The molecule has 10 aromatic rings. The van der Waals surface area contributed by atoms with Gasteiger partial charge in [0.2, 0.25) is 0 Å². The fourth-order valence-electron chi connectivity index (χ4n) is 7.54. The first-order valence-electron chi connectivity index (χ1n) is 18.3. The molecule has 0 atom stereocenters. The molecule has 0 aliphatic rings. The molecule has 0 aliphatic carbocycles. The average molecular weight is 688 g/mol. The van der Waals surface area contributed by atoms with E-state index in [0.29, 0.717) is 17.5 Å². The summed E-state index contributed by atoms with van der Waals surface area (Å²) >= 11 is 0. The topological polar surface area (TPSA) is 38.7 Å². The van der Waals surface area contributed by atoms with Gasteiger partial charge in [-0.05, 0) is 90.0 Å². The number of fused-ring (bicyclic) bond motifs is 3. The highest BCUT2D eigenvalue weighted by Crippen LogP contribution is 2.35. The van der Waals surface area contributed by atoms with E-state index in [0.717, 1.165) is 49.4 Å². The van der Waals surface area contributed by atoms with Crippen LogP contribution in [0.1, 0.15) is 0 Å². The largest absolute Gasteiger partial charge is 0.208 e. The van der Waals surface area contributed by atoms with Gasteiger partial charge in [-0.1, -0.05) is 176 Å². The summed E-state index contributed by atoms with van der Waals surface area (Å²) in [4.78, 5) is 15.5. The standard InChI is InChI=1S/C51H33N3/c1-3-12-34(13-4-1)37-18-9-20-43(32-37)49-52-50(54-51(53-49)48-23-11-19-41-30-38(28-29-47(41)48)35-14-5-2-6-15-35)44-27-25-39-31-42(26-24-40(39)33-44)46-22-10-17-36-16-7-8-21-45(36)46/h1-33H. The van der Waals surface area contributed by atoms with E-state index < -0.39 is 0 Å². The van der Waals surface area contributed by atoms with E-state index in [-0.39, 0.29) is 0 Å². The maximum absolute atomic E-state index is 5.19. The van der Waals surface area contributed by atoms with Crippen LogP contribution in [0.15, 0.2) is 200 Å². The Morgan fingerprint density at radius 2 is 0.685 bits per heavy atom. The third-order valence-corrected chi connectivity index (χ3v) is 10.3. The minimum absolute atomic E-state index is 0.636. The van der Waals surface area contributed by atoms with Crippen molar-refractivity contribution in [1.29, 1.82) is 0 Å². The summed E-state index contributed by atoms with van der Waals surface area (Å²) in [6.07, 6.45) is 0. The Kier molecular flexibility index (Phi) is 7.81. The Balaban J connectivity index is 1.11. The van der Waals surface area contributed by atoms with Crippen molar-refractivity contribution in [3.63, 3.8) is 0 Å². The molecule has 252 valence electrons. The van der Waals surface area contributed by atoms with Crippen LogP contribution in [0.2, 0.25) is 0 Å². The lowest BCUT2D eigenvalue weighted by atomic mass is 9.95. The Labute approximate surface area is 313 Å². The van der Waals surface area contributed by atoms with Gasteiger partial charge in [-0.25, -0.2) is 15.0 Å². The molecule has 9 aromatic carbocycles. The quantitative estimate of drug-likeness (QED) is 0.175. The van der Waals surface area contributed by atoms with Crippen LogP contribution in [0.4, 0.5) is 0 Å². The minimum Gasteiger partial charge on any atom is -0.208 e. The molecular formula is C51H33N3. The summed E-state index contributed by atoms with van der Waals surface area (Å²) in [5, 5.41) is 7.02. The Morgan fingerprint density at radius 3 is 1.44 bits per heavy atom. The lowest BCUT2D eigenvalue weighted by Crippen LogP contribution is -2.01. The second kappa shape index (κ2) is 13.4. The molecule has 3 heteroatoms. The summed E-state index contributed by atoms with van der Waals surface area (Å²) < 4.78 is 0. The van der Waals surface area contributed by atoms with Gasteiger partial charge in [0.05, 0.1) is 0 Å². The van der Waals surface area contributed by atoms with Crippen molar-refractivity contribution in [3.05, 3.63) is 200 Å². The van der Waals surface area contributed by atoms with Crippen LogP contribution in [0, 0.1) is 0 Å². The zero-order valence-corrected chi connectivity index (χ0v) is 29.4. The summed E-state index contributed by atoms with van der Waals surface area (Å²) in [5.41, 5.74) is 9.90. The van der Waals surface area contributed by atoms with Gasteiger partial charge in [-0.15, -0.1) is 0 Å². The van der Waals surface area contributed by atoms with E-state index in [1.165, 1.54) is 33.0 Å². The van der Waals surface area contributed by atoms with Crippen molar-refractivity contribution >= 4 is 32.3 Å². The van der Waals surface area contributed by atoms with Crippen LogP contribution < -0.4 is 0 Å². The van der Waals surface area contributed by atoms with Crippen LogP contribution in [0.5, 0.6) is 0 Å². The van der Waals surface area contributed by atoms with Crippen LogP contribution in [0.25, 0.3) is 99.9 Å². The molecule has 54 heavy (non-hydrogen) atoms. The first-order valence-corrected chi connectivity index (χ1v) is 18.3. The normalized spacial score (nSPS) is 11.3. The Hall–Kier alpha value is -7.23. The predicted octanol–water partition coefficient (Wildman–Crippen LogP) is 13.3. The summed E-state index contributed by atoms with van der Waals surface area (Å²) in [6.45, 7) is 0. The molecule has 0 amide bonds. The summed E-state index contributed by atoms with van der Waals surface area (Å²) in [7, 11) is 0. The fourth-order valence-corrected chi connectivity index (χ4v) is 7.54. The number of hydrogen-bond acceptors (Lipinski definition) is 3. The monoisotopic (exact) mass is 687 g/mol. The molecule has 3 nitrogen and oxygen atoms in total. The Bertz CT molecular complexity index is 2980. The van der Waals surface area contributed by atoms with E-state index in [1.807, 2.05) is 12.1 Å². The van der Waals surface area contributed by atoms with Crippen LogP contribution in [-0.2, 0) is 0 Å². The van der Waals surface area contributed by atoms with E-state index in [1.54, 1.807) is 0 Å². The SMILES string of the molecule is c1ccc(-c2cccc(-c3nc(-c4ccc5cc(-c6cccc7ccccc67)ccc5c4)nc(-c4cccc5cc(-c6ccccc6)ccc45)n3)c2)cc1. The van der Waals surface area contributed by atoms with E-state index in [9.17, 15) is 0 Å². The van der Waals surface area contributed by atoms with Gasteiger partial charge in [0.1, 0.15) is 0 Å². The second-order valence-electron chi connectivity index (χ2n) is 13.7. The van der Waals surface area contributed by atoms with Gasteiger partial charge in [-0.3, -0.25) is 0 Å². The number of aromatic nitrogens is 3. The smallest absolute Gasteiger partial charge is 0.164 e. The summed E-state index contributed by atoms with van der Waals surface area (Å²) in [6, 6.07) is 70.6.